The Hall–Kier alpha value is -2.41. The maximum atomic E-state index is 12.8. The molecule has 0 radical (unpaired) electrons. The Morgan fingerprint density at radius 1 is 1.46 bits per heavy atom. The highest BCUT2D eigenvalue weighted by atomic mass is 16.5. The van der Waals surface area contributed by atoms with E-state index < -0.39 is 5.63 Å². The van der Waals surface area contributed by atoms with Crippen molar-refractivity contribution in [3.8, 4) is 0 Å². The lowest BCUT2D eigenvalue weighted by Gasteiger charge is -2.26. The quantitative estimate of drug-likeness (QED) is 0.899. The highest BCUT2D eigenvalue weighted by Gasteiger charge is 2.28. The van der Waals surface area contributed by atoms with Gasteiger partial charge in [-0.3, -0.25) is 4.79 Å². The van der Waals surface area contributed by atoms with Crippen LogP contribution < -0.4 is 5.63 Å². The van der Waals surface area contributed by atoms with Gasteiger partial charge in [-0.1, -0.05) is 0 Å². The predicted molar refractivity (Wildman–Crippen MR) is 84.9 cm³/mol. The van der Waals surface area contributed by atoms with Crippen LogP contribution in [0.1, 0.15) is 45.4 Å². The summed E-state index contributed by atoms with van der Waals surface area (Å²) in [7, 11) is 0. The van der Waals surface area contributed by atoms with E-state index in [9.17, 15) is 9.59 Å². The van der Waals surface area contributed by atoms with Crippen LogP contribution in [0.2, 0.25) is 0 Å². The zero-order chi connectivity index (χ0) is 16.7. The van der Waals surface area contributed by atoms with E-state index in [1.165, 1.54) is 0 Å². The van der Waals surface area contributed by atoms with Crippen molar-refractivity contribution in [2.45, 2.75) is 32.2 Å². The number of rotatable bonds is 2. The van der Waals surface area contributed by atoms with Gasteiger partial charge in [-0.25, -0.2) is 9.78 Å². The highest BCUT2D eigenvalue weighted by molar-refractivity contribution is 5.95. The van der Waals surface area contributed by atoms with Crippen LogP contribution in [0.4, 0.5) is 0 Å². The molecule has 4 heterocycles. The number of fused-ring (bicyclic) bond motifs is 1. The van der Waals surface area contributed by atoms with Gasteiger partial charge in [-0.05, 0) is 25.0 Å². The summed E-state index contributed by atoms with van der Waals surface area (Å²) in [6.45, 7) is 4.01. The molecule has 24 heavy (non-hydrogen) atoms. The first kappa shape index (κ1) is 15.1. The minimum atomic E-state index is -0.558. The minimum absolute atomic E-state index is 0.100. The second kappa shape index (κ2) is 5.90. The van der Waals surface area contributed by atoms with Crippen molar-refractivity contribution < 1.29 is 13.9 Å². The molecule has 0 aliphatic carbocycles. The Balaban J connectivity index is 1.62. The fourth-order valence-corrected chi connectivity index (χ4v) is 3.39. The monoisotopic (exact) mass is 329 g/mol. The van der Waals surface area contributed by atoms with Gasteiger partial charge in [0.15, 0.2) is 0 Å². The average molecular weight is 329 g/mol. The van der Waals surface area contributed by atoms with Crippen LogP contribution in [0.25, 0.3) is 0 Å². The van der Waals surface area contributed by atoms with Crippen molar-refractivity contribution in [2.24, 2.45) is 0 Å². The molecule has 2 aliphatic rings. The second-order valence-electron chi connectivity index (χ2n) is 6.36. The van der Waals surface area contributed by atoms with E-state index in [0.29, 0.717) is 44.0 Å². The summed E-state index contributed by atoms with van der Waals surface area (Å²) >= 11 is 0. The molecule has 1 atom stereocenters. The van der Waals surface area contributed by atoms with Crippen molar-refractivity contribution in [1.29, 1.82) is 0 Å². The van der Waals surface area contributed by atoms with Gasteiger partial charge < -0.3 is 19.0 Å². The number of hydrogen-bond acceptors (Lipinski definition) is 5. The number of nitrogens with one attached hydrogen (secondary N) is 1. The summed E-state index contributed by atoms with van der Waals surface area (Å²) in [6, 6.07) is 1.81. The first-order chi connectivity index (χ1) is 11.6. The first-order valence-corrected chi connectivity index (χ1v) is 8.16. The molecular formula is C17H19N3O4. The van der Waals surface area contributed by atoms with Crippen molar-refractivity contribution in [2.75, 3.05) is 19.8 Å². The Kier molecular flexibility index (Phi) is 3.72. The standard InChI is InChI=1S/C17H19N3O4/c1-10-6-14(11-3-5-23-8-11)24-17(22)15(10)16(21)20-4-2-12-13(7-20)19-9-18-12/h6,9,11H,2-5,7-8H2,1H3,(H,18,19). The Bertz CT molecular complexity index is 833. The van der Waals surface area contributed by atoms with E-state index in [0.717, 1.165) is 17.8 Å². The number of carbonyl (C=O) groups is 1. The normalized spacial score (nSPS) is 20.2. The topological polar surface area (TPSA) is 88.4 Å². The minimum Gasteiger partial charge on any atom is -0.427 e. The zero-order valence-corrected chi connectivity index (χ0v) is 13.5. The molecule has 1 unspecified atom stereocenters. The van der Waals surface area contributed by atoms with Crippen molar-refractivity contribution >= 4 is 5.91 Å². The van der Waals surface area contributed by atoms with E-state index in [2.05, 4.69) is 9.97 Å². The van der Waals surface area contributed by atoms with Crippen LogP contribution in [0.5, 0.6) is 0 Å². The fourth-order valence-electron chi connectivity index (χ4n) is 3.39. The molecule has 1 N–H and O–H groups in total. The van der Waals surface area contributed by atoms with E-state index >= 15 is 0 Å². The molecule has 1 fully saturated rings. The first-order valence-electron chi connectivity index (χ1n) is 8.16. The van der Waals surface area contributed by atoms with Gasteiger partial charge >= 0.3 is 5.63 Å². The van der Waals surface area contributed by atoms with Gasteiger partial charge in [0, 0.05) is 25.5 Å². The summed E-state index contributed by atoms with van der Waals surface area (Å²) in [4.78, 5) is 34.2. The molecular weight excluding hydrogens is 310 g/mol. The zero-order valence-electron chi connectivity index (χ0n) is 13.5. The van der Waals surface area contributed by atoms with Crippen molar-refractivity contribution in [1.82, 2.24) is 14.9 Å². The lowest BCUT2D eigenvalue weighted by Crippen LogP contribution is -2.38. The molecule has 0 saturated carbocycles. The number of imidazole rings is 1. The molecule has 0 spiro atoms. The molecule has 7 nitrogen and oxygen atoms in total. The number of nitrogens with zero attached hydrogens (tertiary/aromatic N) is 2. The van der Waals surface area contributed by atoms with E-state index in [1.807, 2.05) is 0 Å². The third-order valence-electron chi connectivity index (χ3n) is 4.78. The maximum absolute atomic E-state index is 12.8. The third-order valence-corrected chi connectivity index (χ3v) is 4.78. The SMILES string of the molecule is Cc1cc(C2CCOC2)oc(=O)c1C(=O)N1CCc2nc[nH]c2C1. The van der Waals surface area contributed by atoms with Gasteiger partial charge in [0.2, 0.25) is 0 Å². The van der Waals surface area contributed by atoms with Crippen LogP contribution >= 0.6 is 0 Å². The Morgan fingerprint density at radius 3 is 3.08 bits per heavy atom. The van der Waals surface area contributed by atoms with Gasteiger partial charge in [-0.15, -0.1) is 0 Å². The van der Waals surface area contributed by atoms with Crippen LogP contribution in [-0.4, -0.2) is 40.5 Å². The third kappa shape index (κ3) is 2.54. The summed E-state index contributed by atoms with van der Waals surface area (Å²) in [5.74, 6) is 0.430. The number of hydrogen-bond donors (Lipinski definition) is 1. The van der Waals surface area contributed by atoms with Gasteiger partial charge in [-0.2, -0.15) is 0 Å². The van der Waals surface area contributed by atoms with Crippen molar-refractivity contribution in [3.05, 3.63) is 51.1 Å². The number of aromatic nitrogens is 2. The van der Waals surface area contributed by atoms with Crippen LogP contribution in [-0.2, 0) is 17.7 Å². The molecule has 1 amide bonds. The molecule has 1 saturated heterocycles. The van der Waals surface area contributed by atoms with E-state index in [-0.39, 0.29) is 17.4 Å². The highest BCUT2D eigenvalue weighted by Crippen LogP contribution is 2.26. The lowest BCUT2D eigenvalue weighted by molar-refractivity contribution is 0.0726. The number of ether oxygens (including phenoxy) is 1. The fraction of sp³-hybridized carbons (Fsp3) is 0.471. The van der Waals surface area contributed by atoms with Crippen LogP contribution in [0.15, 0.2) is 21.6 Å². The van der Waals surface area contributed by atoms with Gasteiger partial charge in [0.1, 0.15) is 11.3 Å². The van der Waals surface area contributed by atoms with Crippen molar-refractivity contribution in [3.63, 3.8) is 0 Å². The summed E-state index contributed by atoms with van der Waals surface area (Å²) < 4.78 is 10.8. The Labute approximate surface area is 138 Å². The smallest absolute Gasteiger partial charge is 0.349 e. The molecule has 2 aromatic heterocycles. The summed E-state index contributed by atoms with van der Waals surface area (Å²) in [5, 5.41) is 0. The number of aromatic amines is 1. The molecule has 126 valence electrons. The number of amides is 1. The number of aryl methyl sites for hydroxylation is 1. The average Bonchev–Trinajstić information content (AvgIpc) is 3.24. The predicted octanol–water partition coefficient (Wildman–Crippen LogP) is 1.37. The lowest BCUT2D eigenvalue weighted by atomic mass is 10.0. The van der Waals surface area contributed by atoms with E-state index in [1.54, 1.807) is 24.2 Å². The maximum Gasteiger partial charge on any atom is 0.349 e. The molecule has 4 rings (SSSR count). The number of H-pyrrole nitrogens is 1. The molecule has 0 bridgehead atoms. The van der Waals surface area contributed by atoms with Gasteiger partial charge in [0.05, 0.1) is 30.9 Å². The van der Waals surface area contributed by atoms with E-state index in [4.69, 9.17) is 9.15 Å². The summed E-state index contributed by atoms with van der Waals surface area (Å²) in [5.41, 5.74) is 2.14. The summed E-state index contributed by atoms with van der Waals surface area (Å²) in [6.07, 6.45) is 3.16. The molecule has 7 heteroatoms. The largest absolute Gasteiger partial charge is 0.427 e. The van der Waals surface area contributed by atoms with Crippen LogP contribution in [0, 0.1) is 6.92 Å². The number of carbonyl (C=O) groups excluding carboxylic acids is 1. The second-order valence-corrected chi connectivity index (χ2v) is 6.36. The molecule has 2 aliphatic heterocycles. The Morgan fingerprint density at radius 2 is 2.33 bits per heavy atom. The van der Waals surface area contributed by atoms with Gasteiger partial charge in [0.25, 0.3) is 5.91 Å². The molecule has 0 aromatic carbocycles. The molecule has 2 aromatic rings. The van der Waals surface area contributed by atoms with Crippen LogP contribution in [0.3, 0.4) is 0 Å².